The van der Waals surface area contributed by atoms with E-state index < -0.39 is 72.7 Å². The summed E-state index contributed by atoms with van der Waals surface area (Å²) in [4.78, 5) is 71.0. The molecule has 5 fully saturated rings. The van der Waals surface area contributed by atoms with Crippen LogP contribution in [0.1, 0.15) is 133 Å². The van der Waals surface area contributed by atoms with Gasteiger partial charge in [-0.2, -0.15) is 0 Å². The Morgan fingerprint density at radius 3 is 2.04 bits per heavy atom. The van der Waals surface area contributed by atoms with E-state index in [1.165, 1.54) is 0 Å². The van der Waals surface area contributed by atoms with E-state index in [0.717, 1.165) is 44.9 Å². The fourth-order valence-electron chi connectivity index (χ4n) is 9.04. The third-order valence-corrected chi connectivity index (χ3v) is 15.4. The summed E-state index contributed by atoms with van der Waals surface area (Å²) in [6.07, 6.45) is 7.86. The van der Waals surface area contributed by atoms with Crippen molar-refractivity contribution >= 4 is 39.4 Å². The van der Waals surface area contributed by atoms with Gasteiger partial charge in [-0.05, 0) is 87.9 Å². The number of nitrogens with one attached hydrogen (secondary N) is 4. The van der Waals surface area contributed by atoms with Gasteiger partial charge in [0, 0.05) is 12.6 Å². The second-order valence-electron chi connectivity index (χ2n) is 19.2. The van der Waals surface area contributed by atoms with E-state index in [0.29, 0.717) is 32.2 Å². The zero-order valence-electron chi connectivity index (χ0n) is 32.4. The van der Waals surface area contributed by atoms with Crippen LogP contribution in [-0.4, -0.2) is 89.1 Å². The highest BCUT2D eigenvalue weighted by molar-refractivity contribution is 7.92. The summed E-state index contributed by atoms with van der Waals surface area (Å²) >= 11 is 0. The molecule has 0 aromatic rings. The number of rotatable bonds is 12. The highest BCUT2D eigenvalue weighted by Gasteiger charge is 2.70. The smallest absolute Gasteiger partial charge is 0.315 e. The molecule has 4 atom stereocenters. The van der Waals surface area contributed by atoms with Gasteiger partial charge in [-0.1, -0.05) is 73.6 Å². The monoisotopic (exact) mass is 733 g/mol. The van der Waals surface area contributed by atoms with Crippen LogP contribution in [0.4, 0.5) is 4.79 Å². The third-order valence-electron chi connectivity index (χ3n) is 12.6. The normalized spacial score (nSPS) is 30.3. The van der Waals surface area contributed by atoms with Crippen LogP contribution in [0.25, 0.3) is 0 Å². The Labute approximate surface area is 305 Å². The largest absolute Gasteiger partial charge is 0.347 e. The zero-order chi connectivity index (χ0) is 37.9. The number of ketones is 1. The minimum Gasteiger partial charge on any atom is -0.347 e. The highest BCUT2D eigenvalue weighted by Crippen LogP contribution is 2.65. The van der Waals surface area contributed by atoms with E-state index in [2.05, 4.69) is 42.0 Å². The number of carbonyl (C=O) groups is 5. The molecule has 0 aromatic carbocycles. The number of Topliss-reactive ketones (excluding diaryl/α,β-unsaturated/α-hetero) is 1. The fraction of sp³-hybridized carbons (Fsp3) is 0.868. The number of likely N-dealkylation sites (tertiary alicyclic amines) is 1. The number of hydrogen-bond acceptors (Lipinski definition) is 7. The summed E-state index contributed by atoms with van der Waals surface area (Å²) in [5.41, 5.74) is -3.20. The molecule has 2 unspecified atom stereocenters. The average Bonchev–Trinajstić information content (AvgIpc) is 3.84. The molecular weight excluding hydrogens is 671 g/mol. The zero-order valence-corrected chi connectivity index (χ0v) is 33.2. The first kappa shape index (κ1) is 39.5. The van der Waals surface area contributed by atoms with Crippen molar-refractivity contribution in [2.24, 2.45) is 28.6 Å². The van der Waals surface area contributed by atoms with E-state index in [-0.39, 0.29) is 35.0 Å². The number of fused-ring (bicyclic) bond motifs is 1. The van der Waals surface area contributed by atoms with Crippen molar-refractivity contribution in [1.82, 2.24) is 26.2 Å². The van der Waals surface area contributed by atoms with Crippen molar-refractivity contribution in [3.8, 4) is 0 Å². The van der Waals surface area contributed by atoms with Crippen molar-refractivity contribution in [2.45, 2.75) is 167 Å². The highest BCUT2D eigenvalue weighted by atomic mass is 32.2. The van der Waals surface area contributed by atoms with Crippen LogP contribution in [0.5, 0.6) is 0 Å². The second kappa shape index (κ2) is 13.6. The second-order valence-corrected chi connectivity index (χ2v) is 22.0. The Bertz CT molecular complexity index is 1510. The summed E-state index contributed by atoms with van der Waals surface area (Å²) in [5, 5.41) is 11.8. The number of piperidine rings is 1. The van der Waals surface area contributed by atoms with E-state index in [1.807, 2.05) is 20.8 Å². The molecule has 0 bridgehead atoms. The van der Waals surface area contributed by atoms with Crippen molar-refractivity contribution in [1.29, 1.82) is 0 Å². The molecule has 4 aliphatic carbocycles. The molecule has 288 valence electrons. The van der Waals surface area contributed by atoms with Gasteiger partial charge in [-0.15, -0.1) is 0 Å². The Hall–Kier alpha value is -2.70. The van der Waals surface area contributed by atoms with Crippen LogP contribution in [-0.2, 0) is 29.0 Å². The molecule has 51 heavy (non-hydrogen) atoms. The number of nitrogens with zero attached hydrogens (tertiary/aromatic N) is 1. The molecule has 12 nitrogen and oxygen atoms in total. The van der Waals surface area contributed by atoms with Crippen LogP contribution in [0.3, 0.4) is 0 Å². The molecule has 1 aliphatic heterocycles. The van der Waals surface area contributed by atoms with Gasteiger partial charge < -0.3 is 26.2 Å². The maximum absolute atomic E-state index is 14.6. The molecule has 1 heterocycles. The van der Waals surface area contributed by atoms with Gasteiger partial charge in [-0.3, -0.25) is 19.2 Å². The summed E-state index contributed by atoms with van der Waals surface area (Å²) in [5.74, 6) is -2.14. The summed E-state index contributed by atoms with van der Waals surface area (Å²) in [7, 11) is -3.56. The molecule has 4 saturated carbocycles. The van der Waals surface area contributed by atoms with Crippen molar-refractivity contribution in [3.63, 3.8) is 0 Å². The lowest BCUT2D eigenvalue weighted by atomic mass is 9.64. The average molecular weight is 734 g/mol. The molecule has 5 amide bonds. The van der Waals surface area contributed by atoms with Gasteiger partial charge in [0.05, 0.1) is 16.0 Å². The van der Waals surface area contributed by atoms with Crippen molar-refractivity contribution in [2.75, 3.05) is 12.3 Å². The van der Waals surface area contributed by atoms with Crippen LogP contribution < -0.4 is 21.3 Å². The first-order valence-corrected chi connectivity index (χ1v) is 20.9. The Morgan fingerprint density at radius 1 is 0.902 bits per heavy atom. The number of hydrogen-bond donors (Lipinski definition) is 4. The Kier molecular flexibility index (Phi) is 10.5. The van der Waals surface area contributed by atoms with E-state index in [9.17, 15) is 32.4 Å². The Balaban J connectivity index is 1.36. The maximum atomic E-state index is 14.6. The van der Waals surface area contributed by atoms with Gasteiger partial charge in [0.2, 0.25) is 17.6 Å². The molecule has 0 spiro atoms. The lowest BCUT2D eigenvalue weighted by Gasteiger charge is -2.47. The number of carbonyl (C=O) groups excluding carboxylic acids is 5. The molecule has 13 heteroatoms. The van der Waals surface area contributed by atoms with Gasteiger partial charge in [-0.25, -0.2) is 13.2 Å². The quantitative estimate of drug-likeness (QED) is 0.220. The van der Waals surface area contributed by atoms with Crippen molar-refractivity contribution in [3.05, 3.63) is 0 Å². The summed E-state index contributed by atoms with van der Waals surface area (Å²) in [6.45, 7) is 17.1. The lowest BCUT2D eigenvalue weighted by Crippen LogP contribution is -2.68. The van der Waals surface area contributed by atoms with Crippen LogP contribution in [0.2, 0.25) is 0 Å². The van der Waals surface area contributed by atoms with Gasteiger partial charge in [0.1, 0.15) is 17.6 Å². The topological polar surface area (TPSA) is 171 Å². The predicted octanol–water partition coefficient (Wildman–Crippen LogP) is 4.01. The lowest BCUT2D eigenvalue weighted by molar-refractivity contribution is -0.151. The maximum Gasteiger partial charge on any atom is 0.315 e. The number of sulfone groups is 1. The first-order chi connectivity index (χ1) is 23.5. The Morgan fingerprint density at radius 2 is 1.51 bits per heavy atom. The van der Waals surface area contributed by atoms with E-state index >= 15 is 0 Å². The third kappa shape index (κ3) is 7.98. The van der Waals surface area contributed by atoms with Crippen LogP contribution >= 0.6 is 0 Å². The van der Waals surface area contributed by atoms with Crippen LogP contribution in [0.15, 0.2) is 0 Å². The predicted molar refractivity (Wildman–Crippen MR) is 195 cm³/mol. The van der Waals surface area contributed by atoms with Gasteiger partial charge in [0.25, 0.3) is 5.91 Å². The first-order valence-electron chi connectivity index (χ1n) is 19.3. The molecule has 5 aliphatic rings. The van der Waals surface area contributed by atoms with E-state index in [1.54, 1.807) is 25.7 Å². The standard InChI is InChI=1S/C38H63N5O7S/c1-10-14-23-19-38(20-23,29(44)31(46)39-24-15-16-24)41-30(45)27-26-25(36(26,8)9)21-43(27)32(47)28(34(2,3)4)40-33(48)42-37(17-12-11-13-18-37)22-51(49,50)35(5,6)7/h23-28H,10-22H2,1-9H3,(H,39,46)(H,41,45)(H2,40,42,48)/t23?,25?,26?,27-,28-,38?/m0/s1. The fourth-order valence-corrected chi connectivity index (χ4v) is 10.6. The minimum absolute atomic E-state index is 0.00611. The molecule has 5 rings (SSSR count). The molecule has 0 aromatic heterocycles. The van der Waals surface area contributed by atoms with Crippen molar-refractivity contribution < 1.29 is 32.4 Å². The molecular formula is C38H63N5O7S. The molecule has 0 radical (unpaired) electrons. The van der Waals surface area contributed by atoms with Crippen LogP contribution in [0, 0.1) is 28.6 Å². The summed E-state index contributed by atoms with van der Waals surface area (Å²) in [6, 6.07) is -2.49. The minimum atomic E-state index is -3.56. The molecule has 1 saturated heterocycles. The van der Waals surface area contributed by atoms with Gasteiger partial charge >= 0.3 is 6.03 Å². The van der Waals surface area contributed by atoms with Gasteiger partial charge in [0.15, 0.2) is 9.84 Å². The number of urea groups is 1. The number of amides is 5. The summed E-state index contributed by atoms with van der Waals surface area (Å²) < 4.78 is 25.7. The van der Waals surface area contributed by atoms with E-state index in [4.69, 9.17) is 0 Å². The SMILES string of the molecule is CCCC1CC(NC(=O)[C@@H]2C3C(CN2C(=O)[C@H](NC(=O)NC2(CS(=O)(=O)C(C)(C)C)CCCCC2)C(C)(C)C)C3(C)C)(C(=O)C(=O)NC2CC2)C1. The molecule has 4 N–H and O–H groups in total.